The average molecular weight is 219 g/mol. The molecular formula is C11H7Br. The molecule has 0 spiro atoms. The van der Waals surface area contributed by atoms with E-state index in [-0.39, 0.29) is 0 Å². The monoisotopic (exact) mass is 218 g/mol. The first-order valence-corrected chi connectivity index (χ1v) is 4.30. The van der Waals surface area contributed by atoms with Crippen LogP contribution in [-0.2, 0) is 0 Å². The summed E-state index contributed by atoms with van der Waals surface area (Å²) >= 11 is 3.35. The van der Waals surface area contributed by atoms with Gasteiger partial charge in [0.2, 0.25) is 0 Å². The first-order chi connectivity index (χ1) is 5.83. The van der Waals surface area contributed by atoms with Crippen molar-refractivity contribution in [3.8, 4) is 24.2 Å². The van der Waals surface area contributed by atoms with Crippen molar-refractivity contribution in [2.75, 3.05) is 0 Å². The van der Waals surface area contributed by atoms with Crippen molar-refractivity contribution in [3.63, 3.8) is 0 Å². The molecular weight excluding hydrogens is 212 g/mol. The highest BCUT2D eigenvalue weighted by Crippen LogP contribution is 2.09. The molecule has 0 fully saturated rings. The van der Waals surface area contributed by atoms with Crippen LogP contribution < -0.4 is 0 Å². The summed E-state index contributed by atoms with van der Waals surface area (Å²) in [5.41, 5.74) is 0.994. The molecule has 0 bridgehead atoms. The number of terminal acetylenes is 1. The largest absolute Gasteiger partial charge is 0.119 e. The van der Waals surface area contributed by atoms with Gasteiger partial charge in [0.05, 0.1) is 6.42 Å². The summed E-state index contributed by atoms with van der Waals surface area (Å²) in [4.78, 5) is 0. The lowest BCUT2D eigenvalue weighted by Gasteiger charge is -1.89. The Morgan fingerprint density at radius 1 is 1.25 bits per heavy atom. The van der Waals surface area contributed by atoms with E-state index in [0.29, 0.717) is 6.42 Å². The Bertz CT molecular complexity index is 343. The first-order valence-electron chi connectivity index (χ1n) is 3.51. The fraction of sp³-hybridized carbons (Fsp3) is 0.0909. The van der Waals surface area contributed by atoms with Crippen LogP contribution in [0.2, 0.25) is 0 Å². The van der Waals surface area contributed by atoms with Crippen molar-refractivity contribution in [3.05, 3.63) is 34.3 Å². The number of benzene rings is 1. The van der Waals surface area contributed by atoms with Crippen molar-refractivity contribution >= 4 is 15.9 Å². The standard InChI is InChI=1S/C11H7Br/c1-2-3-4-5-10-6-8-11(12)9-7-10/h1,6-9H,3H2. The molecule has 1 heteroatoms. The summed E-state index contributed by atoms with van der Waals surface area (Å²) in [6, 6.07) is 7.82. The minimum atomic E-state index is 0.510. The quantitative estimate of drug-likeness (QED) is 0.588. The maximum absolute atomic E-state index is 5.06. The van der Waals surface area contributed by atoms with E-state index in [0.717, 1.165) is 10.0 Å². The van der Waals surface area contributed by atoms with Gasteiger partial charge in [-0.05, 0) is 24.3 Å². The van der Waals surface area contributed by atoms with Gasteiger partial charge in [0, 0.05) is 10.0 Å². The topological polar surface area (TPSA) is 0 Å². The van der Waals surface area contributed by atoms with Crippen LogP contribution in [0.5, 0.6) is 0 Å². The smallest absolute Gasteiger partial charge is 0.0703 e. The highest BCUT2D eigenvalue weighted by molar-refractivity contribution is 9.10. The number of hydrogen-bond donors (Lipinski definition) is 0. The number of rotatable bonds is 0. The molecule has 58 valence electrons. The van der Waals surface area contributed by atoms with Crippen molar-refractivity contribution < 1.29 is 0 Å². The van der Waals surface area contributed by atoms with E-state index >= 15 is 0 Å². The second-order valence-corrected chi connectivity index (χ2v) is 3.11. The molecule has 0 nitrogen and oxygen atoms in total. The third-order valence-corrected chi connectivity index (χ3v) is 1.80. The molecule has 0 aliphatic carbocycles. The zero-order valence-corrected chi connectivity index (χ0v) is 8.06. The first kappa shape index (κ1) is 8.91. The Labute approximate surface area is 81.1 Å². The summed E-state index contributed by atoms with van der Waals surface area (Å²) in [5, 5.41) is 0. The minimum absolute atomic E-state index is 0.510. The van der Waals surface area contributed by atoms with Crippen LogP contribution in [0.3, 0.4) is 0 Å². The zero-order chi connectivity index (χ0) is 8.81. The van der Waals surface area contributed by atoms with Crippen molar-refractivity contribution in [1.29, 1.82) is 0 Å². The van der Waals surface area contributed by atoms with Crippen LogP contribution in [0, 0.1) is 24.2 Å². The second kappa shape index (κ2) is 4.65. The Hall–Kier alpha value is -1.18. The Morgan fingerprint density at radius 2 is 1.92 bits per heavy atom. The zero-order valence-electron chi connectivity index (χ0n) is 6.47. The van der Waals surface area contributed by atoms with E-state index in [4.69, 9.17) is 6.42 Å². The van der Waals surface area contributed by atoms with Crippen molar-refractivity contribution in [1.82, 2.24) is 0 Å². The third-order valence-electron chi connectivity index (χ3n) is 1.27. The van der Waals surface area contributed by atoms with Gasteiger partial charge in [-0.25, -0.2) is 0 Å². The lowest BCUT2D eigenvalue weighted by molar-refractivity contribution is 1.55. The molecule has 0 amide bonds. The van der Waals surface area contributed by atoms with E-state index < -0.39 is 0 Å². The summed E-state index contributed by atoms with van der Waals surface area (Å²) in [5.74, 6) is 8.30. The van der Waals surface area contributed by atoms with Gasteiger partial charge in [-0.3, -0.25) is 0 Å². The Morgan fingerprint density at radius 3 is 2.50 bits per heavy atom. The van der Waals surface area contributed by atoms with Gasteiger partial charge in [0.1, 0.15) is 0 Å². The summed E-state index contributed by atoms with van der Waals surface area (Å²) in [7, 11) is 0. The van der Waals surface area contributed by atoms with Crippen LogP contribution >= 0.6 is 15.9 Å². The summed E-state index contributed by atoms with van der Waals surface area (Å²) in [6.07, 6.45) is 5.57. The number of halogens is 1. The highest BCUT2D eigenvalue weighted by Gasteiger charge is 1.85. The molecule has 12 heavy (non-hydrogen) atoms. The SMILES string of the molecule is C#CCC#Cc1ccc(Br)cc1. The second-order valence-electron chi connectivity index (χ2n) is 2.19. The minimum Gasteiger partial charge on any atom is -0.119 e. The van der Waals surface area contributed by atoms with Crippen LogP contribution in [-0.4, -0.2) is 0 Å². The van der Waals surface area contributed by atoms with Gasteiger partial charge in [-0.1, -0.05) is 33.7 Å². The Balaban J connectivity index is 2.74. The maximum Gasteiger partial charge on any atom is 0.0703 e. The van der Waals surface area contributed by atoms with Crippen molar-refractivity contribution in [2.45, 2.75) is 6.42 Å². The van der Waals surface area contributed by atoms with E-state index in [1.54, 1.807) is 0 Å². The molecule has 0 atom stereocenters. The predicted octanol–water partition coefficient (Wildman–Crippen LogP) is 2.82. The molecule has 1 aromatic rings. The molecule has 0 N–H and O–H groups in total. The van der Waals surface area contributed by atoms with Gasteiger partial charge in [-0.15, -0.1) is 6.42 Å². The van der Waals surface area contributed by atoms with E-state index in [2.05, 4.69) is 33.7 Å². The molecule has 0 saturated heterocycles. The van der Waals surface area contributed by atoms with E-state index in [9.17, 15) is 0 Å². The Kier molecular flexibility index (Phi) is 3.45. The predicted molar refractivity (Wildman–Crippen MR) is 54.5 cm³/mol. The van der Waals surface area contributed by atoms with Crippen molar-refractivity contribution in [2.24, 2.45) is 0 Å². The van der Waals surface area contributed by atoms with Gasteiger partial charge >= 0.3 is 0 Å². The molecule has 0 aliphatic heterocycles. The number of hydrogen-bond acceptors (Lipinski definition) is 0. The van der Waals surface area contributed by atoms with E-state index in [1.165, 1.54) is 0 Å². The van der Waals surface area contributed by atoms with E-state index in [1.807, 2.05) is 24.3 Å². The van der Waals surface area contributed by atoms with Gasteiger partial charge < -0.3 is 0 Å². The summed E-state index contributed by atoms with van der Waals surface area (Å²) < 4.78 is 1.06. The fourth-order valence-corrected chi connectivity index (χ4v) is 0.995. The lowest BCUT2D eigenvalue weighted by atomic mass is 10.2. The molecule has 1 aromatic carbocycles. The molecule has 1 rings (SSSR count). The molecule has 0 aliphatic rings. The highest BCUT2D eigenvalue weighted by atomic mass is 79.9. The molecule has 0 saturated carbocycles. The van der Waals surface area contributed by atoms with Gasteiger partial charge in [0.25, 0.3) is 0 Å². The van der Waals surface area contributed by atoms with Gasteiger partial charge in [-0.2, -0.15) is 0 Å². The van der Waals surface area contributed by atoms with Crippen LogP contribution in [0.1, 0.15) is 12.0 Å². The molecule has 0 unspecified atom stereocenters. The van der Waals surface area contributed by atoms with Crippen LogP contribution in [0.15, 0.2) is 28.7 Å². The fourth-order valence-electron chi connectivity index (χ4n) is 0.731. The molecule has 0 heterocycles. The average Bonchev–Trinajstić information content (AvgIpc) is 2.09. The third kappa shape index (κ3) is 2.82. The lowest BCUT2D eigenvalue weighted by Crippen LogP contribution is -1.71. The van der Waals surface area contributed by atoms with Crippen LogP contribution in [0.4, 0.5) is 0 Å². The maximum atomic E-state index is 5.06. The molecule has 0 aromatic heterocycles. The normalized spacial score (nSPS) is 8.00. The van der Waals surface area contributed by atoms with Crippen LogP contribution in [0.25, 0.3) is 0 Å². The van der Waals surface area contributed by atoms with Gasteiger partial charge in [0.15, 0.2) is 0 Å². The molecule has 0 radical (unpaired) electrons. The summed E-state index contributed by atoms with van der Waals surface area (Å²) in [6.45, 7) is 0.